The highest BCUT2D eigenvalue weighted by Gasteiger charge is 2.16. The normalized spacial score (nSPS) is 12.4. The van der Waals surface area contributed by atoms with Crippen LogP contribution in [-0.2, 0) is 14.3 Å². The Bertz CT molecular complexity index is 206. The summed E-state index contributed by atoms with van der Waals surface area (Å²) in [6, 6.07) is -0.580. The monoisotopic (exact) mass is 217 g/mol. The lowest BCUT2D eigenvalue weighted by Crippen LogP contribution is -2.38. The Labute approximate surface area is 89.8 Å². The Morgan fingerprint density at radius 3 is 2.60 bits per heavy atom. The van der Waals surface area contributed by atoms with Crippen molar-refractivity contribution in [2.45, 2.75) is 32.7 Å². The van der Waals surface area contributed by atoms with Crippen molar-refractivity contribution >= 4 is 11.8 Å². The van der Waals surface area contributed by atoms with Crippen LogP contribution in [0.1, 0.15) is 26.7 Å². The molecule has 0 spiro atoms. The van der Waals surface area contributed by atoms with Gasteiger partial charge in [-0.05, 0) is 26.8 Å². The van der Waals surface area contributed by atoms with E-state index in [4.69, 9.17) is 9.84 Å². The standard InChI is InChI=1S/C10H19NO4/c1-3-15-6-4-5-11-9(8(2)12)7-10(13)14/h9,11H,3-7H2,1-2H3,(H,13,14). The van der Waals surface area contributed by atoms with Crippen molar-refractivity contribution in [3.63, 3.8) is 0 Å². The van der Waals surface area contributed by atoms with Gasteiger partial charge < -0.3 is 15.2 Å². The lowest BCUT2D eigenvalue weighted by Gasteiger charge is -2.13. The van der Waals surface area contributed by atoms with E-state index in [-0.39, 0.29) is 12.2 Å². The highest BCUT2D eigenvalue weighted by Crippen LogP contribution is 1.94. The summed E-state index contributed by atoms with van der Waals surface area (Å²) in [6.45, 7) is 5.20. The van der Waals surface area contributed by atoms with Crippen molar-refractivity contribution in [2.24, 2.45) is 0 Å². The van der Waals surface area contributed by atoms with Crippen molar-refractivity contribution in [1.29, 1.82) is 0 Å². The van der Waals surface area contributed by atoms with Gasteiger partial charge in [0.1, 0.15) is 5.78 Å². The van der Waals surface area contributed by atoms with E-state index in [0.717, 1.165) is 6.42 Å². The molecule has 0 rings (SSSR count). The van der Waals surface area contributed by atoms with E-state index in [9.17, 15) is 9.59 Å². The maximum absolute atomic E-state index is 11.0. The molecule has 0 saturated heterocycles. The number of aliphatic carboxylic acids is 1. The number of Topliss-reactive ketones (excluding diaryl/α,β-unsaturated/α-hetero) is 1. The van der Waals surface area contributed by atoms with Gasteiger partial charge >= 0.3 is 5.97 Å². The molecule has 0 bridgehead atoms. The molecule has 0 radical (unpaired) electrons. The Kier molecular flexibility index (Phi) is 7.85. The molecule has 0 aromatic heterocycles. The topological polar surface area (TPSA) is 75.6 Å². The molecular weight excluding hydrogens is 198 g/mol. The fourth-order valence-electron chi connectivity index (χ4n) is 1.13. The largest absolute Gasteiger partial charge is 0.481 e. The maximum atomic E-state index is 11.0. The third-order valence-corrected chi connectivity index (χ3v) is 1.93. The Morgan fingerprint density at radius 2 is 2.13 bits per heavy atom. The molecule has 0 aliphatic carbocycles. The van der Waals surface area contributed by atoms with Gasteiger partial charge in [-0.3, -0.25) is 9.59 Å². The number of ketones is 1. The van der Waals surface area contributed by atoms with Gasteiger partial charge in [0.25, 0.3) is 0 Å². The number of hydrogen-bond acceptors (Lipinski definition) is 4. The summed E-state index contributed by atoms with van der Waals surface area (Å²) in [5, 5.41) is 11.5. The second-order valence-corrected chi connectivity index (χ2v) is 3.27. The minimum Gasteiger partial charge on any atom is -0.481 e. The quantitative estimate of drug-likeness (QED) is 0.548. The fraction of sp³-hybridized carbons (Fsp3) is 0.800. The van der Waals surface area contributed by atoms with Gasteiger partial charge in [-0.1, -0.05) is 0 Å². The van der Waals surface area contributed by atoms with Crippen LogP contribution in [-0.4, -0.2) is 42.7 Å². The second-order valence-electron chi connectivity index (χ2n) is 3.27. The van der Waals surface area contributed by atoms with Gasteiger partial charge in [-0.2, -0.15) is 0 Å². The SMILES string of the molecule is CCOCCCNC(CC(=O)O)C(C)=O. The molecule has 1 atom stereocenters. The predicted molar refractivity (Wildman–Crippen MR) is 55.8 cm³/mol. The molecule has 0 aliphatic heterocycles. The highest BCUT2D eigenvalue weighted by molar-refractivity contribution is 5.85. The van der Waals surface area contributed by atoms with Crippen LogP contribution in [0.2, 0.25) is 0 Å². The summed E-state index contributed by atoms with van der Waals surface area (Å²) < 4.78 is 5.12. The molecule has 0 aromatic carbocycles. The first-order valence-corrected chi connectivity index (χ1v) is 5.11. The Balaban J connectivity index is 3.67. The molecular formula is C10H19NO4. The molecule has 5 heteroatoms. The van der Waals surface area contributed by atoms with Crippen LogP contribution < -0.4 is 5.32 Å². The third-order valence-electron chi connectivity index (χ3n) is 1.93. The van der Waals surface area contributed by atoms with Crippen LogP contribution in [0, 0.1) is 0 Å². The second kappa shape index (κ2) is 8.38. The van der Waals surface area contributed by atoms with E-state index >= 15 is 0 Å². The van der Waals surface area contributed by atoms with Crippen molar-refractivity contribution < 1.29 is 19.4 Å². The molecule has 88 valence electrons. The van der Waals surface area contributed by atoms with Gasteiger partial charge in [-0.15, -0.1) is 0 Å². The highest BCUT2D eigenvalue weighted by atomic mass is 16.5. The summed E-state index contributed by atoms with van der Waals surface area (Å²) in [5.74, 6) is -1.11. The van der Waals surface area contributed by atoms with E-state index in [1.165, 1.54) is 6.92 Å². The average Bonchev–Trinajstić information content (AvgIpc) is 2.15. The van der Waals surface area contributed by atoms with Crippen molar-refractivity contribution in [2.75, 3.05) is 19.8 Å². The molecule has 0 heterocycles. The first kappa shape index (κ1) is 14.1. The summed E-state index contributed by atoms with van der Waals surface area (Å²) in [7, 11) is 0. The first-order valence-electron chi connectivity index (χ1n) is 5.11. The zero-order valence-electron chi connectivity index (χ0n) is 9.28. The van der Waals surface area contributed by atoms with Gasteiger partial charge in [0.2, 0.25) is 0 Å². The number of carbonyl (C=O) groups is 2. The number of carbonyl (C=O) groups excluding carboxylic acids is 1. The lowest BCUT2D eigenvalue weighted by atomic mass is 10.1. The minimum atomic E-state index is -0.965. The van der Waals surface area contributed by atoms with Gasteiger partial charge in [0.05, 0.1) is 12.5 Å². The van der Waals surface area contributed by atoms with E-state index in [1.54, 1.807) is 0 Å². The summed E-state index contributed by atoms with van der Waals surface area (Å²) in [5.41, 5.74) is 0. The van der Waals surface area contributed by atoms with Crippen molar-refractivity contribution in [1.82, 2.24) is 5.32 Å². The number of ether oxygens (including phenoxy) is 1. The Hall–Kier alpha value is -0.940. The summed E-state index contributed by atoms with van der Waals surface area (Å²) >= 11 is 0. The summed E-state index contributed by atoms with van der Waals surface area (Å²) in [6.07, 6.45) is 0.612. The molecule has 0 amide bonds. The van der Waals surface area contributed by atoms with Crippen LogP contribution in [0.4, 0.5) is 0 Å². The van der Waals surface area contributed by atoms with Crippen LogP contribution in [0.5, 0.6) is 0 Å². The van der Waals surface area contributed by atoms with Gasteiger partial charge in [0.15, 0.2) is 0 Å². The smallest absolute Gasteiger partial charge is 0.305 e. The molecule has 0 aromatic rings. The summed E-state index contributed by atoms with van der Waals surface area (Å²) in [4.78, 5) is 21.5. The lowest BCUT2D eigenvalue weighted by molar-refractivity contribution is -0.139. The van der Waals surface area contributed by atoms with Crippen LogP contribution >= 0.6 is 0 Å². The van der Waals surface area contributed by atoms with E-state index in [1.807, 2.05) is 6.92 Å². The molecule has 0 saturated carbocycles. The number of nitrogens with one attached hydrogen (secondary N) is 1. The number of carboxylic acids is 1. The molecule has 1 unspecified atom stereocenters. The number of rotatable bonds is 9. The number of hydrogen-bond donors (Lipinski definition) is 2. The van der Waals surface area contributed by atoms with Gasteiger partial charge in [0, 0.05) is 13.2 Å². The van der Waals surface area contributed by atoms with E-state index in [0.29, 0.717) is 19.8 Å². The maximum Gasteiger partial charge on any atom is 0.305 e. The molecule has 0 fully saturated rings. The van der Waals surface area contributed by atoms with E-state index < -0.39 is 12.0 Å². The average molecular weight is 217 g/mol. The number of carboxylic acid groups (broad SMARTS) is 1. The van der Waals surface area contributed by atoms with Crippen LogP contribution in [0.3, 0.4) is 0 Å². The van der Waals surface area contributed by atoms with Crippen LogP contribution in [0.25, 0.3) is 0 Å². The zero-order valence-corrected chi connectivity index (χ0v) is 9.28. The minimum absolute atomic E-state index is 0.145. The fourth-order valence-corrected chi connectivity index (χ4v) is 1.13. The predicted octanol–water partition coefficient (Wildman–Crippen LogP) is 0.435. The molecule has 5 nitrogen and oxygen atoms in total. The molecule has 2 N–H and O–H groups in total. The van der Waals surface area contributed by atoms with Crippen LogP contribution in [0.15, 0.2) is 0 Å². The van der Waals surface area contributed by atoms with Gasteiger partial charge in [-0.25, -0.2) is 0 Å². The molecule has 0 aliphatic rings. The first-order chi connectivity index (χ1) is 7.07. The Morgan fingerprint density at radius 1 is 1.47 bits per heavy atom. The molecule has 15 heavy (non-hydrogen) atoms. The zero-order chi connectivity index (χ0) is 11.7. The van der Waals surface area contributed by atoms with Crippen molar-refractivity contribution in [3.8, 4) is 0 Å². The van der Waals surface area contributed by atoms with Crippen molar-refractivity contribution in [3.05, 3.63) is 0 Å². The third kappa shape index (κ3) is 8.08. The van der Waals surface area contributed by atoms with E-state index in [2.05, 4.69) is 5.32 Å².